The maximum Gasteiger partial charge on any atom is 0.573 e. The minimum absolute atomic E-state index is 0.254. The van der Waals surface area contributed by atoms with Crippen molar-refractivity contribution < 1.29 is 32.0 Å². The third-order valence-electron chi connectivity index (χ3n) is 4.53. The first-order chi connectivity index (χ1) is 15.1. The SMILES string of the molecule is COc1cc(NC(=O)c2ccc(-c3ccccc3OC(F)(F)F)c(C)c2)ccc1[S+](N)[O-]. The highest BCUT2D eigenvalue weighted by molar-refractivity contribution is 7.89. The van der Waals surface area contributed by atoms with Gasteiger partial charge in [0, 0.05) is 28.9 Å². The quantitative estimate of drug-likeness (QED) is 0.511. The van der Waals surface area contributed by atoms with Crippen molar-refractivity contribution >= 4 is 23.0 Å². The summed E-state index contributed by atoms with van der Waals surface area (Å²) in [5.74, 6) is -0.510. The molecule has 0 heterocycles. The summed E-state index contributed by atoms with van der Waals surface area (Å²) in [6, 6.07) is 14.9. The summed E-state index contributed by atoms with van der Waals surface area (Å²) < 4.78 is 59.0. The van der Waals surface area contributed by atoms with Crippen LogP contribution in [0.1, 0.15) is 15.9 Å². The van der Waals surface area contributed by atoms with E-state index in [0.29, 0.717) is 22.4 Å². The van der Waals surface area contributed by atoms with E-state index in [2.05, 4.69) is 10.1 Å². The number of methoxy groups -OCH3 is 1. The summed E-state index contributed by atoms with van der Waals surface area (Å²) in [7, 11) is 1.39. The Labute approximate surface area is 185 Å². The van der Waals surface area contributed by atoms with E-state index in [-0.39, 0.29) is 22.0 Å². The van der Waals surface area contributed by atoms with E-state index in [1.807, 2.05) is 0 Å². The number of nitrogens with one attached hydrogen (secondary N) is 1. The van der Waals surface area contributed by atoms with E-state index >= 15 is 0 Å². The molecule has 3 rings (SSSR count). The summed E-state index contributed by atoms with van der Waals surface area (Å²) in [5.41, 5.74) is 2.03. The van der Waals surface area contributed by atoms with Crippen molar-refractivity contribution in [2.75, 3.05) is 12.4 Å². The topological polar surface area (TPSA) is 96.6 Å². The second kappa shape index (κ2) is 9.51. The average molecular weight is 464 g/mol. The Kier molecular flexibility index (Phi) is 6.97. The molecule has 1 atom stereocenters. The van der Waals surface area contributed by atoms with Crippen LogP contribution >= 0.6 is 0 Å². The molecule has 0 saturated heterocycles. The highest BCUT2D eigenvalue weighted by Gasteiger charge is 2.32. The number of alkyl halides is 3. The number of carbonyl (C=O) groups excluding carboxylic acids is 1. The zero-order valence-electron chi connectivity index (χ0n) is 17.0. The maximum atomic E-state index is 12.7. The number of amides is 1. The molecule has 0 aliphatic carbocycles. The predicted molar refractivity (Wildman–Crippen MR) is 115 cm³/mol. The van der Waals surface area contributed by atoms with Crippen LogP contribution in [-0.2, 0) is 11.4 Å². The van der Waals surface area contributed by atoms with Crippen LogP contribution in [0, 0.1) is 6.92 Å². The number of anilines is 1. The molecule has 0 aliphatic heterocycles. The fourth-order valence-electron chi connectivity index (χ4n) is 3.12. The molecule has 168 valence electrons. The third kappa shape index (κ3) is 5.52. The molecule has 0 aliphatic rings. The van der Waals surface area contributed by atoms with E-state index in [0.717, 1.165) is 0 Å². The second-order valence-electron chi connectivity index (χ2n) is 6.69. The lowest BCUT2D eigenvalue weighted by Gasteiger charge is -2.15. The third-order valence-corrected chi connectivity index (χ3v) is 5.30. The Hall–Kier alpha value is -3.21. The monoisotopic (exact) mass is 464 g/mol. The number of rotatable bonds is 6. The van der Waals surface area contributed by atoms with Crippen molar-refractivity contribution in [1.82, 2.24) is 0 Å². The Morgan fingerprint density at radius 3 is 2.38 bits per heavy atom. The molecule has 6 nitrogen and oxygen atoms in total. The number of para-hydroxylation sites is 1. The van der Waals surface area contributed by atoms with Gasteiger partial charge in [0.2, 0.25) is 4.90 Å². The van der Waals surface area contributed by atoms with Gasteiger partial charge in [-0.15, -0.1) is 18.3 Å². The zero-order valence-corrected chi connectivity index (χ0v) is 17.8. The molecule has 1 unspecified atom stereocenters. The fraction of sp³-hybridized carbons (Fsp3) is 0.136. The number of ether oxygens (including phenoxy) is 2. The van der Waals surface area contributed by atoms with Crippen molar-refractivity contribution in [3.63, 3.8) is 0 Å². The minimum atomic E-state index is -4.82. The van der Waals surface area contributed by atoms with Crippen molar-refractivity contribution in [2.24, 2.45) is 5.14 Å². The Bertz CT molecular complexity index is 1140. The average Bonchev–Trinajstić information content (AvgIpc) is 2.73. The summed E-state index contributed by atoms with van der Waals surface area (Å²) in [6.45, 7) is 1.69. The molecular formula is C22H19F3N2O4S. The molecular weight excluding hydrogens is 445 g/mol. The fourth-order valence-corrected chi connectivity index (χ4v) is 3.67. The highest BCUT2D eigenvalue weighted by Crippen LogP contribution is 2.35. The molecule has 0 bridgehead atoms. The largest absolute Gasteiger partial charge is 0.593 e. The lowest BCUT2D eigenvalue weighted by Crippen LogP contribution is -2.17. The van der Waals surface area contributed by atoms with Gasteiger partial charge in [-0.2, -0.15) is 0 Å². The van der Waals surface area contributed by atoms with E-state index in [1.54, 1.807) is 25.1 Å². The lowest BCUT2D eigenvalue weighted by atomic mass is 9.97. The Morgan fingerprint density at radius 1 is 1.03 bits per heavy atom. The number of benzene rings is 3. The minimum Gasteiger partial charge on any atom is -0.593 e. The maximum absolute atomic E-state index is 12.7. The van der Waals surface area contributed by atoms with E-state index in [1.165, 1.54) is 49.6 Å². The van der Waals surface area contributed by atoms with Crippen molar-refractivity contribution in [3.05, 3.63) is 71.8 Å². The number of hydrogen-bond donors (Lipinski definition) is 2. The van der Waals surface area contributed by atoms with Gasteiger partial charge in [-0.1, -0.05) is 24.3 Å². The first kappa shape index (κ1) is 23.5. The summed E-state index contributed by atoms with van der Waals surface area (Å²) in [6.07, 6.45) is -4.82. The molecule has 10 heteroatoms. The zero-order chi connectivity index (χ0) is 23.5. The van der Waals surface area contributed by atoms with Crippen LogP contribution in [-0.4, -0.2) is 23.9 Å². The second-order valence-corrected chi connectivity index (χ2v) is 7.73. The molecule has 1 amide bonds. The number of aryl methyl sites for hydroxylation is 1. The molecule has 0 radical (unpaired) electrons. The van der Waals surface area contributed by atoms with Gasteiger partial charge in [0.1, 0.15) is 5.75 Å². The van der Waals surface area contributed by atoms with Crippen LogP contribution in [0.15, 0.2) is 65.6 Å². The van der Waals surface area contributed by atoms with Gasteiger partial charge in [0.25, 0.3) is 5.91 Å². The molecule has 0 aromatic heterocycles. The summed E-state index contributed by atoms with van der Waals surface area (Å²) in [5, 5.41) is 8.09. The predicted octanol–water partition coefficient (Wildman–Crippen LogP) is 4.80. The molecule has 32 heavy (non-hydrogen) atoms. The van der Waals surface area contributed by atoms with Crippen molar-refractivity contribution in [3.8, 4) is 22.6 Å². The first-order valence-corrected chi connectivity index (χ1v) is 10.4. The van der Waals surface area contributed by atoms with Crippen LogP contribution in [0.3, 0.4) is 0 Å². The smallest absolute Gasteiger partial charge is 0.573 e. The summed E-state index contributed by atoms with van der Waals surface area (Å²) in [4.78, 5) is 13.0. The van der Waals surface area contributed by atoms with Crippen LogP contribution in [0.25, 0.3) is 11.1 Å². The molecule has 0 spiro atoms. The van der Waals surface area contributed by atoms with Gasteiger partial charge in [-0.25, -0.2) is 0 Å². The molecule has 3 aromatic carbocycles. The molecule has 3 aromatic rings. The lowest BCUT2D eigenvalue weighted by molar-refractivity contribution is -0.274. The van der Waals surface area contributed by atoms with Gasteiger partial charge in [0.15, 0.2) is 5.75 Å². The van der Waals surface area contributed by atoms with Crippen LogP contribution in [0.5, 0.6) is 11.5 Å². The van der Waals surface area contributed by atoms with Crippen LogP contribution < -0.4 is 19.9 Å². The Morgan fingerprint density at radius 2 is 1.75 bits per heavy atom. The number of nitrogens with two attached hydrogens (primary N) is 1. The first-order valence-electron chi connectivity index (χ1n) is 9.20. The highest BCUT2D eigenvalue weighted by atomic mass is 32.2. The number of halogens is 3. The standard InChI is InChI=1S/C22H19F3N2O4S/c1-13-11-14(21(28)27-15-8-10-20(32(26)29)19(12-15)30-2)7-9-16(13)17-5-3-4-6-18(17)31-22(23,24)25/h3-12H,26H2,1-2H3,(H,27,28). The molecule has 0 fully saturated rings. The van der Waals surface area contributed by atoms with Gasteiger partial charge >= 0.3 is 6.36 Å². The van der Waals surface area contributed by atoms with Crippen LogP contribution in [0.2, 0.25) is 0 Å². The van der Waals surface area contributed by atoms with Crippen molar-refractivity contribution in [1.29, 1.82) is 0 Å². The van der Waals surface area contributed by atoms with Gasteiger partial charge < -0.3 is 19.3 Å². The summed E-state index contributed by atoms with van der Waals surface area (Å²) >= 11 is -1.75. The molecule has 3 N–H and O–H groups in total. The van der Waals surface area contributed by atoms with Gasteiger partial charge in [0.05, 0.1) is 18.5 Å². The van der Waals surface area contributed by atoms with E-state index < -0.39 is 23.6 Å². The van der Waals surface area contributed by atoms with E-state index in [4.69, 9.17) is 9.88 Å². The number of hydrogen-bond acceptors (Lipinski definition) is 5. The Balaban J connectivity index is 1.86. The molecule has 0 saturated carbocycles. The van der Waals surface area contributed by atoms with E-state index in [9.17, 15) is 22.5 Å². The van der Waals surface area contributed by atoms with Crippen LogP contribution in [0.4, 0.5) is 18.9 Å². The van der Waals surface area contributed by atoms with Gasteiger partial charge in [-0.05, 0) is 42.3 Å². The number of carbonyl (C=O) groups is 1. The van der Waals surface area contributed by atoms with Crippen molar-refractivity contribution in [2.45, 2.75) is 18.2 Å². The normalized spacial score (nSPS) is 12.2. The van der Waals surface area contributed by atoms with Gasteiger partial charge in [-0.3, -0.25) is 4.79 Å².